The van der Waals surface area contributed by atoms with Gasteiger partial charge in [0.15, 0.2) is 0 Å². The van der Waals surface area contributed by atoms with Crippen LogP contribution >= 0.6 is 11.8 Å². The molecule has 0 spiro atoms. The summed E-state index contributed by atoms with van der Waals surface area (Å²) in [7, 11) is 1.42. The van der Waals surface area contributed by atoms with Crippen molar-refractivity contribution < 1.29 is 9.53 Å². The zero-order valence-electron chi connectivity index (χ0n) is 12.0. The molecule has 4 nitrogen and oxygen atoms in total. The Morgan fingerprint density at radius 2 is 2.14 bits per heavy atom. The van der Waals surface area contributed by atoms with Gasteiger partial charge in [0.25, 0.3) is 0 Å². The molecule has 1 aromatic carbocycles. The minimum Gasteiger partial charge on any atom is -0.468 e. The van der Waals surface area contributed by atoms with E-state index in [4.69, 9.17) is 5.10 Å². The molecule has 0 radical (unpaired) electrons. The summed E-state index contributed by atoms with van der Waals surface area (Å²) in [5, 5.41) is 4.77. The summed E-state index contributed by atoms with van der Waals surface area (Å²) < 4.78 is 6.74. The molecular weight excluding hydrogens is 284 g/mol. The van der Waals surface area contributed by atoms with Gasteiger partial charge in [0.1, 0.15) is 0 Å². The van der Waals surface area contributed by atoms with Crippen molar-refractivity contribution >= 4 is 17.7 Å². The molecule has 0 saturated carbocycles. The lowest BCUT2D eigenvalue weighted by Gasteiger charge is -2.04. The highest BCUT2D eigenvalue weighted by Crippen LogP contribution is 2.29. The van der Waals surface area contributed by atoms with Crippen LogP contribution in [0.3, 0.4) is 0 Å². The summed E-state index contributed by atoms with van der Waals surface area (Å²) in [6, 6.07) is 10.2. The molecule has 0 saturated heterocycles. The van der Waals surface area contributed by atoms with Gasteiger partial charge in [0.2, 0.25) is 0 Å². The summed E-state index contributed by atoms with van der Waals surface area (Å²) in [5.74, 6) is 0.958. The standard InChI is InChI=1S/C16H18N2O2S/c1-20-16(19)11-21-10-14-13-8-5-9-15(13)18(17-14)12-6-3-2-4-7-12/h2-4,6-7H,5,8-11H2,1H3. The van der Waals surface area contributed by atoms with Gasteiger partial charge >= 0.3 is 5.97 Å². The third-order valence-electron chi connectivity index (χ3n) is 3.70. The van der Waals surface area contributed by atoms with Crippen molar-refractivity contribution in [1.29, 1.82) is 0 Å². The number of ether oxygens (including phenoxy) is 1. The van der Waals surface area contributed by atoms with Crippen molar-refractivity contribution in [3.05, 3.63) is 47.3 Å². The van der Waals surface area contributed by atoms with Crippen LogP contribution in [-0.4, -0.2) is 28.6 Å². The molecular formula is C16H18N2O2S. The van der Waals surface area contributed by atoms with Crippen LogP contribution < -0.4 is 0 Å². The molecule has 0 N–H and O–H groups in total. The Morgan fingerprint density at radius 3 is 2.90 bits per heavy atom. The van der Waals surface area contributed by atoms with Gasteiger partial charge in [-0.1, -0.05) is 18.2 Å². The lowest BCUT2D eigenvalue weighted by molar-refractivity contribution is -0.137. The Labute approximate surface area is 128 Å². The molecule has 0 fully saturated rings. The number of aromatic nitrogens is 2. The van der Waals surface area contributed by atoms with Crippen molar-refractivity contribution in [3.63, 3.8) is 0 Å². The monoisotopic (exact) mass is 302 g/mol. The second-order valence-corrected chi connectivity index (χ2v) is 6.03. The van der Waals surface area contributed by atoms with Gasteiger partial charge in [0.05, 0.1) is 24.2 Å². The number of hydrogen-bond donors (Lipinski definition) is 0. The summed E-state index contributed by atoms with van der Waals surface area (Å²) in [6.45, 7) is 0. The lowest BCUT2D eigenvalue weighted by Crippen LogP contribution is -2.04. The lowest BCUT2D eigenvalue weighted by atomic mass is 10.2. The first-order valence-electron chi connectivity index (χ1n) is 7.09. The minimum absolute atomic E-state index is 0.181. The van der Waals surface area contributed by atoms with Crippen LogP contribution in [0.2, 0.25) is 0 Å². The number of rotatable bonds is 5. The number of carbonyl (C=O) groups is 1. The van der Waals surface area contributed by atoms with Crippen LogP contribution in [0.5, 0.6) is 0 Å². The quantitative estimate of drug-likeness (QED) is 0.797. The molecule has 110 valence electrons. The molecule has 1 heterocycles. The number of para-hydroxylation sites is 1. The van der Waals surface area contributed by atoms with E-state index in [1.807, 2.05) is 18.2 Å². The van der Waals surface area contributed by atoms with E-state index >= 15 is 0 Å². The maximum atomic E-state index is 11.2. The SMILES string of the molecule is COC(=O)CSCc1nn(-c2ccccc2)c2c1CCC2. The van der Waals surface area contributed by atoms with E-state index < -0.39 is 0 Å². The third-order valence-corrected chi connectivity index (χ3v) is 4.62. The van der Waals surface area contributed by atoms with Crippen LogP contribution in [0, 0.1) is 0 Å². The van der Waals surface area contributed by atoms with Crippen molar-refractivity contribution in [2.45, 2.75) is 25.0 Å². The van der Waals surface area contributed by atoms with E-state index in [1.54, 1.807) is 11.8 Å². The number of nitrogens with zero attached hydrogens (tertiary/aromatic N) is 2. The molecule has 0 atom stereocenters. The maximum Gasteiger partial charge on any atom is 0.315 e. The minimum atomic E-state index is -0.181. The maximum absolute atomic E-state index is 11.2. The van der Waals surface area contributed by atoms with Gasteiger partial charge in [-0.2, -0.15) is 5.10 Å². The highest BCUT2D eigenvalue weighted by atomic mass is 32.2. The van der Waals surface area contributed by atoms with Gasteiger partial charge in [-0.05, 0) is 37.0 Å². The normalized spacial score (nSPS) is 13.2. The summed E-state index contributed by atoms with van der Waals surface area (Å²) >= 11 is 1.56. The van der Waals surface area contributed by atoms with Gasteiger partial charge in [-0.25, -0.2) is 4.68 Å². The first kappa shape index (κ1) is 14.2. The fraction of sp³-hybridized carbons (Fsp3) is 0.375. The Bertz CT molecular complexity index is 637. The number of fused-ring (bicyclic) bond motifs is 1. The average Bonchev–Trinajstić information content (AvgIpc) is 3.11. The van der Waals surface area contributed by atoms with Crippen LogP contribution in [0.4, 0.5) is 0 Å². The Kier molecular flexibility index (Phi) is 4.29. The predicted octanol–water partition coefficient (Wildman–Crippen LogP) is 2.77. The summed E-state index contributed by atoms with van der Waals surface area (Å²) in [6.07, 6.45) is 3.36. The molecule has 21 heavy (non-hydrogen) atoms. The van der Waals surface area contributed by atoms with E-state index in [1.165, 1.54) is 24.8 Å². The fourth-order valence-corrected chi connectivity index (χ4v) is 3.51. The Morgan fingerprint density at radius 1 is 1.33 bits per heavy atom. The number of hydrogen-bond acceptors (Lipinski definition) is 4. The highest BCUT2D eigenvalue weighted by Gasteiger charge is 2.23. The van der Waals surface area contributed by atoms with Crippen LogP contribution in [-0.2, 0) is 28.1 Å². The molecule has 5 heteroatoms. The zero-order valence-corrected chi connectivity index (χ0v) is 12.9. The van der Waals surface area contributed by atoms with Crippen molar-refractivity contribution in [1.82, 2.24) is 9.78 Å². The summed E-state index contributed by atoms with van der Waals surface area (Å²) in [4.78, 5) is 11.2. The second-order valence-electron chi connectivity index (χ2n) is 5.04. The average molecular weight is 302 g/mol. The molecule has 1 aliphatic rings. The first-order valence-corrected chi connectivity index (χ1v) is 8.24. The van der Waals surface area contributed by atoms with Gasteiger partial charge < -0.3 is 4.74 Å². The van der Waals surface area contributed by atoms with Crippen LogP contribution in [0.15, 0.2) is 30.3 Å². The molecule has 0 bridgehead atoms. The van der Waals surface area contributed by atoms with Gasteiger partial charge in [-0.3, -0.25) is 4.79 Å². The topological polar surface area (TPSA) is 44.1 Å². The number of benzene rings is 1. The molecule has 2 aromatic rings. The van der Waals surface area contributed by atoms with E-state index in [-0.39, 0.29) is 5.97 Å². The second kappa shape index (κ2) is 6.35. The molecule has 1 aromatic heterocycles. The third kappa shape index (κ3) is 2.97. The van der Waals surface area contributed by atoms with E-state index in [0.29, 0.717) is 5.75 Å². The molecule has 0 aliphatic heterocycles. The van der Waals surface area contributed by atoms with Crippen molar-refractivity contribution in [2.75, 3.05) is 12.9 Å². The van der Waals surface area contributed by atoms with Gasteiger partial charge in [0, 0.05) is 11.4 Å². The summed E-state index contributed by atoms with van der Waals surface area (Å²) in [5.41, 5.74) is 4.92. The Balaban J connectivity index is 1.81. The first-order chi connectivity index (χ1) is 10.3. The molecule has 0 amide bonds. The Hall–Kier alpha value is -1.75. The molecule has 3 rings (SSSR count). The number of carbonyl (C=O) groups excluding carboxylic acids is 1. The van der Waals surface area contributed by atoms with Crippen LogP contribution in [0.1, 0.15) is 23.4 Å². The number of esters is 1. The number of thioether (sulfide) groups is 1. The van der Waals surface area contributed by atoms with Crippen molar-refractivity contribution in [3.8, 4) is 5.69 Å². The fourth-order valence-electron chi connectivity index (χ4n) is 2.70. The van der Waals surface area contributed by atoms with Crippen LogP contribution in [0.25, 0.3) is 5.69 Å². The zero-order chi connectivity index (χ0) is 14.7. The highest BCUT2D eigenvalue weighted by molar-refractivity contribution is 7.99. The van der Waals surface area contributed by atoms with E-state index in [9.17, 15) is 4.79 Å². The van der Waals surface area contributed by atoms with E-state index in [0.717, 1.165) is 30.0 Å². The largest absolute Gasteiger partial charge is 0.468 e. The number of methoxy groups -OCH3 is 1. The van der Waals surface area contributed by atoms with Gasteiger partial charge in [-0.15, -0.1) is 11.8 Å². The smallest absolute Gasteiger partial charge is 0.315 e. The molecule has 0 unspecified atom stereocenters. The van der Waals surface area contributed by atoms with E-state index in [2.05, 4.69) is 21.6 Å². The molecule has 1 aliphatic carbocycles. The van der Waals surface area contributed by atoms with Crippen molar-refractivity contribution in [2.24, 2.45) is 0 Å². The predicted molar refractivity (Wildman–Crippen MR) is 83.8 cm³/mol.